The van der Waals surface area contributed by atoms with Crippen LogP contribution in [0.2, 0.25) is 0 Å². The molecule has 4 aliphatic heterocycles. The number of urea groups is 1. The third-order valence-electron chi connectivity index (χ3n) is 7.29. The molecule has 5 aliphatic rings. The van der Waals surface area contributed by atoms with E-state index in [1.165, 1.54) is 34.3 Å². The highest BCUT2D eigenvalue weighted by Crippen LogP contribution is 2.43. The first-order valence-corrected chi connectivity index (χ1v) is 18.2. The van der Waals surface area contributed by atoms with Crippen LogP contribution in [-0.2, 0) is 26.3 Å². The van der Waals surface area contributed by atoms with Crippen molar-refractivity contribution in [3.63, 3.8) is 0 Å². The van der Waals surface area contributed by atoms with Gasteiger partial charge in [0.25, 0.3) is 5.91 Å². The van der Waals surface area contributed by atoms with E-state index in [0.29, 0.717) is 22.0 Å². The summed E-state index contributed by atoms with van der Waals surface area (Å²) in [5.74, 6) is -0.465. The predicted octanol–water partition coefficient (Wildman–Crippen LogP) is -0.214. The van der Waals surface area contributed by atoms with Crippen LogP contribution >= 0.6 is 47.0 Å². The fourth-order valence-electron chi connectivity index (χ4n) is 5.08. The fourth-order valence-corrected chi connectivity index (χ4v) is 9.99. The van der Waals surface area contributed by atoms with Crippen molar-refractivity contribution in [2.75, 3.05) is 36.1 Å². The van der Waals surface area contributed by atoms with Crippen LogP contribution in [0.25, 0.3) is 0 Å². The number of aromatic nitrogens is 4. The van der Waals surface area contributed by atoms with Crippen LogP contribution in [0.3, 0.4) is 0 Å². The van der Waals surface area contributed by atoms with Gasteiger partial charge < -0.3 is 20.4 Å². The number of aliphatic hydroxyl groups is 1. The zero-order chi connectivity index (χ0) is 33.2. The summed E-state index contributed by atoms with van der Waals surface area (Å²) in [7, 11) is 1.65. The van der Waals surface area contributed by atoms with Gasteiger partial charge in [0.05, 0.1) is 18.7 Å². The third-order valence-corrected chi connectivity index (χ3v) is 12.4. The number of aryl methyl sites for hydroxylation is 1. The number of aliphatic imine (C=N–C) groups is 1. The van der Waals surface area contributed by atoms with Crippen LogP contribution in [-0.4, -0.2) is 139 Å². The van der Waals surface area contributed by atoms with Gasteiger partial charge in [-0.25, -0.2) is 29.5 Å². The van der Waals surface area contributed by atoms with E-state index in [0.717, 1.165) is 26.5 Å². The summed E-state index contributed by atoms with van der Waals surface area (Å²) in [6.07, 6.45) is 2.22. The first kappa shape index (κ1) is 33.2. The minimum atomic E-state index is -1.32. The number of carbonyl (C=O) groups excluding carboxylic acids is 4. The van der Waals surface area contributed by atoms with Gasteiger partial charge in [-0.3, -0.25) is 19.5 Å². The summed E-state index contributed by atoms with van der Waals surface area (Å²) in [6.45, 7) is 0.322. The summed E-state index contributed by atoms with van der Waals surface area (Å²) in [6, 6.07) is -1.93. The normalized spacial score (nSPS) is 25.0. The molecule has 3 atom stereocenters. The molecule has 5 amide bonds. The first-order valence-electron chi connectivity index (χ1n) is 14.1. The van der Waals surface area contributed by atoms with E-state index in [2.05, 4.69) is 31.3 Å². The van der Waals surface area contributed by atoms with Crippen molar-refractivity contribution in [2.24, 2.45) is 12.0 Å². The molecular weight excluding hydrogens is 697 g/mol. The molecule has 3 saturated heterocycles. The van der Waals surface area contributed by atoms with Gasteiger partial charge in [0, 0.05) is 36.6 Å². The number of hydrazine groups is 1. The number of tetrazole rings is 1. The Kier molecular flexibility index (Phi) is 10.0. The van der Waals surface area contributed by atoms with Gasteiger partial charge >= 0.3 is 18.1 Å². The van der Waals surface area contributed by atoms with E-state index in [-0.39, 0.29) is 41.4 Å². The van der Waals surface area contributed by atoms with Crippen LogP contribution in [0.5, 0.6) is 0 Å². The van der Waals surface area contributed by atoms with E-state index >= 15 is 0 Å². The monoisotopic (exact) mass is 724 g/mol. The summed E-state index contributed by atoms with van der Waals surface area (Å²) >= 11 is 5.74. The molecule has 0 spiro atoms. The number of thioether (sulfide) groups is 4. The van der Waals surface area contributed by atoms with E-state index in [9.17, 15) is 34.2 Å². The first-order chi connectivity index (χ1) is 22.6. The lowest BCUT2D eigenvalue weighted by Crippen LogP contribution is -2.74. The van der Waals surface area contributed by atoms with Crippen molar-refractivity contribution >= 4 is 82.7 Å². The van der Waals surface area contributed by atoms with Crippen LogP contribution in [0, 0.1) is 0 Å². The van der Waals surface area contributed by atoms with E-state index in [1.807, 2.05) is 0 Å². The van der Waals surface area contributed by atoms with Gasteiger partial charge in [0.15, 0.2) is 6.04 Å². The van der Waals surface area contributed by atoms with Crippen molar-refractivity contribution in [3.05, 3.63) is 35.1 Å². The number of fused-ring (bicyclic) bond motifs is 1. The van der Waals surface area contributed by atoms with Crippen LogP contribution in [0.1, 0.15) is 6.42 Å². The number of nitrogens with one attached hydrogen (secondary N) is 2. The summed E-state index contributed by atoms with van der Waals surface area (Å²) in [5, 5.41) is 35.5. The molecule has 6 rings (SSSR count). The van der Waals surface area contributed by atoms with Gasteiger partial charge in [-0.1, -0.05) is 17.8 Å². The highest BCUT2D eigenvalue weighted by Gasteiger charge is 2.57. The molecule has 47 heavy (non-hydrogen) atoms. The minimum Gasteiger partial charge on any atom is -0.477 e. The van der Waals surface area contributed by atoms with Gasteiger partial charge in [0.1, 0.15) is 21.9 Å². The highest BCUT2D eigenvalue weighted by molar-refractivity contribution is 8.20. The number of aliphatic hydroxyl groups excluding tert-OH is 1. The van der Waals surface area contributed by atoms with Gasteiger partial charge in [-0.15, -0.1) is 45.4 Å². The molecule has 1 aromatic rings. The Labute approximate surface area is 283 Å². The number of allylic oxidation sites excluding steroid dienone is 1. The predicted molar refractivity (Wildman–Crippen MR) is 172 cm³/mol. The fraction of sp³-hybridized carbons (Fsp3) is 0.480. The smallest absolute Gasteiger partial charge is 0.450 e. The number of hydrogen-bond donors (Lipinski definition) is 4. The molecule has 5 heterocycles. The molecule has 1 aliphatic carbocycles. The molecule has 0 aromatic carbocycles. The van der Waals surface area contributed by atoms with E-state index in [1.54, 1.807) is 42.7 Å². The number of carboxylic acids is 1. The lowest BCUT2D eigenvalue weighted by atomic mass is 9.99. The lowest BCUT2D eigenvalue weighted by Gasteiger charge is -2.52. The molecule has 1 unspecified atom stereocenters. The number of aliphatic carboxylic acids is 1. The van der Waals surface area contributed by atoms with Crippen LogP contribution in [0.4, 0.5) is 9.59 Å². The highest BCUT2D eigenvalue weighted by atomic mass is 32.2. The maximum Gasteiger partial charge on any atom is 0.450 e. The van der Waals surface area contributed by atoms with Crippen LogP contribution in [0.15, 0.2) is 45.2 Å². The summed E-state index contributed by atoms with van der Waals surface area (Å²) in [4.78, 5) is 75.5. The second-order valence-electron chi connectivity index (χ2n) is 10.4. The Balaban J connectivity index is 1.22. The Morgan fingerprint density at radius 2 is 2.04 bits per heavy atom. The molecule has 22 heteroatoms. The standard InChI is InChI=1S/C25H28N10O8S4/c1-32-23(28-30-31-32)47-11-13-10-46-20-18(19(38)34(20)17(13)21(39)40)35(29-24(42)43-33-5-4-26-22(33)41)16(37)9-12-2-3-15(36)14(8-12)27-25-44-6-7-45-25/h2-3,8,15,18,20,25,36H,4-7,9-11H2,1H3,(H,26,41)(H,29,42)(H,39,40)/t15?,18-,20-/m0/s1. The van der Waals surface area contributed by atoms with E-state index in [4.69, 9.17) is 4.84 Å². The van der Waals surface area contributed by atoms with Crippen LogP contribution < -0.4 is 10.7 Å². The second-order valence-corrected chi connectivity index (χ2v) is 15.1. The van der Waals surface area contributed by atoms with Crippen molar-refractivity contribution in [2.45, 2.75) is 33.8 Å². The van der Waals surface area contributed by atoms with E-state index < -0.39 is 47.4 Å². The topological polar surface area (TPSA) is 225 Å². The average molecular weight is 725 g/mol. The number of carboxylic acid groups (broad SMARTS) is 1. The maximum atomic E-state index is 13.8. The third kappa shape index (κ3) is 7.10. The Bertz CT molecular complexity index is 1610. The molecular formula is C25H28N10O8S4. The molecule has 3 fully saturated rings. The summed E-state index contributed by atoms with van der Waals surface area (Å²) in [5.41, 5.74) is 3.42. The number of β-lactam (4-membered cyclic amide) rings is 1. The van der Waals surface area contributed by atoms with Crippen molar-refractivity contribution in [1.82, 2.24) is 45.9 Å². The quantitative estimate of drug-likeness (QED) is 0.147. The molecule has 0 bridgehead atoms. The molecule has 250 valence electrons. The molecule has 0 saturated carbocycles. The number of amides is 5. The van der Waals surface area contributed by atoms with Gasteiger partial charge in [-0.05, 0) is 33.7 Å². The zero-order valence-electron chi connectivity index (χ0n) is 24.5. The molecule has 4 N–H and O–H groups in total. The number of rotatable bonds is 9. The minimum absolute atomic E-state index is 0.0752. The lowest BCUT2D eigenvalue weighted by molar-refractivity contribution is -0.163. The van der Waals surface area contributed by atoms with Gasteiger partial charge in [-0.2, -0.15) is 0 Å². The largest absolute Gasteiger partial charge is 0.477 e. The Morgan fingerprint density at radius 1 is 1.26 bits per heavy atom. The molecule has 18 nitrogen and oxygen atoms in total. The van der Waals surface area contributed by atoms with Gasteiger partial charge in [0.2, 0.25) is 11.1 Å². The molecule has 1 aromatic heterocycles. The SMILES string of the molecule is Cn1nnnc1SCC1=C(C(=O)O)N2C(=O)[C@H](N(NC(=O)ON3CCNC3=O)C(=O)CC3=CC(=NC4SCCS4)C(O)C=C3)[C@@H]2SC1. The number of nitrogens with zero attached hydrogens (tertiary/aromatic N) is 8. The van der Waals surface area contributed by atoms with Crippen molar-refractivity contribution in [1.29, 1.82) is 0 Å². The number of hydrogen-bond acceptors (Lipinski definition) is 15. The summed E-state index contributed by atoms with van der Waals surface area (Å²) < 4.78 is 1.36. The number of carbonyl (C=O) groups is 5. The Morgan fingerprint density at radius 3 is 2.72 bits per heavy atom. The number of hydroxylamine groups is 2. The second kappa shape index (κ2) is 14.2. The Hall–Kier alpha value is -3.73. The maximum absolute atomic E-state index is 13.8. The average Bonchev–Trinajstić information content (AvgIpc) is 3.80. The van der Waals surface area contributed by atoms with Crippen molar-refractivity contribution in [3.8, 4) is 0 Å². The zero-order valence-corrected chi connectivity index (χ0v) is 27.8. The molecule has 0 radical (unpaired) electrons. The van der Waals surface area contributed by atoms with Crippen molar-refractivity contribution < 1.29 is 39.0 Å².